The number of aldehydes is 1. The molecular formula is C26H42N4O3. The Bertz CT molecular complexity index is 731. The van der Waals surface area contributed by atoms with Crippen molar-refractivity contribution >= 4 is 23.8 Å². The molecule has 7 heteroatoms. The molecule has 0 aromatic heterocycles. The van der Waals surface area contributed by atoms with Gasteiger partial charge in [-0.3, -0.25) is 4.90 Å². The van der Waals surface area contributed by atoms with Crippen molar-refractivity contribution in [1.82, 2.24) is 9.80 Å². The number of nitrogens with one attached hydrogen (secondary N) is 1. The number of piperidine rings is 1. The molecular weight excluding hydrogens is 416 g/mol. The van der Waals surface area contributed by atoms with Crippen molar-refractivity contribution in [2.24, 2.45) is 5.92 Å². The van der Waals surface area contributed by atoms with Gasteiger partial charge in [-0.15, -0.1) is 0 Å². The average Bonchev–Trinajstić information content (AvgIpc) is 2.80. The summed E-state index contributed by atoms with van der Waals surface area (Å²) < 4.78 is 5.51. The summed E-state index contributed by atoms with van der Waals surface area (Å²) in [5.74, 6) is 0.702. The van der Waals surface area contributed by atoms with Crippen molar-refractivity contribution in [3.63, 3.8) is 0 Å². The molecule has 0 saturated carbocycles. The van der Waals surface area contributed by atoms with Crippen molar-refractivity contribution in [1.29, 1.82) is 0 Å². The third kappa shape index (κ3) is 8.54. The lowest BCUT2D eigenvalue weighted by Crippen LogP contribution is -2.47. The van der Waals surface area contributed by atoms with Crippen LogP contribution in [0.5, 0.6) is 0 Å². The second-order valence-corrected chi connectivity index (χ2v) is 10.3. The van der Waals surface area contributed by atoms with Crippen molar-refractivity contribution in [3.8, 4) is 0 Å². The monoisotopic (exact) mass is 458 g/mol. The molecule has 1 N–H and O–H groups in total. The smallest absolute Gasteiger partial charge is 0.410 e. The molecule has 184 valence electrons. The number of likely N-dealkylation sites (tertiary alicyclic amines) is 1. The summed E-state index contributed by atoms with van der Waals surface area (Å²) in [6, 6.07) is 8.64. The minimum absolute atomic E-state index is 0.168. The minimum Gasteiger partial charge on any atom is -0.444 e. The number of ether oxygens (including phenoxy) is 1. The normalized spacial score (nSPS) is 18.3. The Hall–Kier alpha value is -2.28. The molecule has 7 nitrogen and oxygen atoms in total. The molecule has 3 rings (SSSR count). The Morgan fingerprint density at radius 3 is 2.33 bits per heavy atom. The van der Waals surface area contributed by atoms with E-state index in [1.54, 1.807) is 0 Å². The molecule has 0 spiro atoms. The van der Waals surface area contributed by atoms with Gasteiger partial charge in [0.05, 0.1) is 0 Å². The third-order valence-electron chi connectivity index (χ3n) is 6.55. The molecule has 0 atom stereocenters. The van der Waals surface area contributed by atoms with Crippen LogP contribution >= 0.6 is 0 Å². The Morgan fingerprint density at radius 2 is 1.73 bits per heavy atom. The molecule has 2 aliphatic rings. The van der Waals surface area contributed by atoms with E-state index in [2.05, 4.69) is 39.4 Å². The van der Waals surface area contributed by atoms with Gasteiger partial charge >= 0.3 is 6.09 Å². The van der Waals surface area contributed by atoms with Crippen LogP contribution < -0.4 is 10.2 Å². The Balaban J connectivity index is 1.32. The number of carbonyl (C=O) groups is 2. The highest BCUT2D eigenvalue weighted by Gasteiger charge is 2.27. The van der Waals surface area contributed by atoms with Gasteiger partial charge in [0.15, 0.2) is 0 Å². The first-order valence-corrected chi connectivity index (χ1v) is 12.6. The number of carbonyl (C=O) groups excluding carboxylic acids is 2. The largest absolute Gasteiger partial charge is 0.444 e. The maximum Gasteiger partial charge on any atom is 0.410 e. The van der Waals surface area contributed by atoms with Crippen LogP contribution in [0.3, 0.4) is 0 Å². The van der Waals surface area contributed by atoms with Gasteiger partial charge in [-0.05, 0) is 83.2 Å². The van der Waals surface area contributed by atoms with Gasteiger partial charge in [0, 0.05) is 63.6 Å². The Kier molecular flexibility index (Phi) is 9.41. The standard InChI is InChI=1S/C26H42N4O3/c1-26(2,3)33-25(32)30-15-11-22(12-16-30)10-14-28-17-19-29(20-18-28)24-8-6-23(7-9-24)27-13-4-5-21-31/h6-9,21-22,27H,4-5,10-20H2,1-3H3. The lowest BCUT2D eigenvalue weighted by Gasteiger charge is -2.38. The van der Waals surface area contributed by atoms with E-state index in [-0.39, 0.29) is 6.09 Å². The summed E-state index contributed by atoms with van der Waals surface area (Å²) in [5, 5.41) is 3.37. The lowest BCUT2D eigenvalue weighted by molar-refractivity contribution is -0.107. The molecule has 2 heterocycles. The number of unbranched alkanes of at least 4 members (excludes halogenated alkanes) is 1. The Morgan fingerprint density at radius 1 is 1.06 bits per heavy atom. The lowest BCUT2D eigenvalue weighted by atomic mass is 9.93. The summed E-state index contributed by atoms with van der Waals surface area (Å²) in [6.45, 7) is 13.7. The minimum atomic E-state index is -0.424. The van der Waals surface area contributed by atoms with E-state index in [1.165, 1.54) is 12.1 Å². The highest BCUT2D eigenvalue weighted by molar-refractivity contribution is 5.68. The summed E-state index contributed by atoms with van der Waals surface area (Å²) in [4.78, 5) is 29.6. The van der Waals surface area contributed by atoms with E-state index in [0.717, 1.165) is 83.6 Å². The average molecular weight is 459 g/mol. The first-order valence-electron chi connectivity index (χ1n) is 12.6. The molecule has 2 saturated heterocycles. The molecule has 0 aliphatic carbocycles. The molecule has 1 amide bonds. The molecule has 33 heavy (non-hydrogen) atoms. The first-order chi connectivity index (χ1) is 15.8. The maximum absolute atomic E-state index is 12.2. The zero-order valence-corrected chi connectivity index (χ0v) is 20.7. The van der Waals surface area contributed by atoms with E-state index in [9.17, 15) is 9.59 Å². The zero-order chi connectivity index (χ0) is 23.7. The fraction of sp³-hybridized carbons (Fsp3) is 0.692. The summed E-state index contributed by atoms with van der Waals surface area (Å²) in [5.41, 5.74) is 1.97. The third-order valence-corrected chi connectivity index (χ3v) is 6.55. The van der Waals surface area contributed by atoms with Gasteiger partial charge in [-0.2, -0.15) is 0 Å². The number of rotatable bonds is 9. The number of hydrogen-bond donors (Lipinski definition) is 1. The van der Waals surface area contributed by atoms with Crippen molar-refractivity contribution in [3.05, 3.63) is 24.3 Å². The molecule has 0 radical (unpaired) electrons. The second kappa shape index (κ2) is 12.3. The van der Waals surface area contributed by atoms with E-state index >= 15 is 0 Å². The fourth-order valence-corrected chi connectivity index (χ4v) is 4.53. The summed E-state index contributed by atoms with van der Waals surface area (Å²) >= 11 is 0. The molecule has 2 aliphatic heterocycles. The van der Waals surface area contributed by atoms with Crippen molar-refractivity contribution < 1.29 is 14.3 Å². The molecule has 1 aromatic carbocycles. The van der Waals surface area contributed by atoms with Gasteiger partial charge in [-0.25, -0.2) is 4.79 Å². The van der Waals surface area contributed by atoms with Gasteiger partial charge in [0.25, 0.3) is 0 Å². The fourth-order valence-electron chi connectivity index (χ4n) is 4.53. The molecule has 0 bridgehead atoms. The van der Waals surface area contributed by atoms with Crippen molar-refractivity contribution in [2.45, 2.75) is 58.5 Å². The molecule has 0 unspecified atom stereocenters. The SMILES string of the molecule is CC(C)(C)OC(=O)N1CCC(CCN2CCN(c3ccc(NCCCC=O)cc3)CC2)CC1. The number of anilines is 2. The van der Waals surface area contributed by atoms with Gasteiger partial charge in [0.1, 0.15) is 11.9 Å². The van der Waals surface area contributed by atoms with Gasteiger partial charge in [-0.1, -0.05) is 0 Å². The quantitative estimate of drug-likeness (QED) is 0.441. The number of nitrogens with zero attached hydrogens (tertiary/aromatic N) is 3. The van der Waals surface area contributed by atoms with Crippen molar-refractivity contribution in [2.75, 3.05) is 62.6 Å². The Labute approximate surface area is 199 Å². The van der Waals surface area contributed by atoms with Gasteiger partial charge < -0.3 is 24.6 Å². The summed E-state index contributed by atoms with van der Waals surface area (Å²) in [6.07, 6.45) is 5.66. The second-order valence-electron chi connectivity index (χ2n) is 10.3. The van der Waals surface area contributed by atoms with Gasteiger partial charge in [0.2, 0.25) is 0 Å². The molecule has 1 aromatic rings. The van der Waals surface area contributed by atoms with E-state index in [4.69, 9.17) is 4.74 Å². The van der Waals surface area contributed by atoms with Crippen LogP contribution in [0.2, 0.25) is 0 Å². The first kappa shape index (κ1) is 25.3. The number of hydrogen-bond acceptors (Lipinski definition) is 6. The van der Waals surface area contributed by atoms with Crippen LogP contribution in [0.1, 0.15) is 52.9 Å². The predicted octanol–water partition coefficient (Wildman–Crippen LogP) is 4.24. The highest BCUT2D eigenvalue weighted by atomic mass is 16.6. The van der Waals surface area contributed by atoms with Crippen LogP contribution in [-0.2, 0) is 9.53 Å². The topological polar surface area (TPSA) is 65.1 Å². The zero-order valence-electron chi connectivity index (χ0n) is 20.7. The van der Waals surface area contributed by atoms with Crippen LogP contribution in [0.4, 0.5) is 16.2 Å². The highest BCUT2D eigenvalue weighted by Crippen LogP contribution is 2.24. The van der Waals surface area contributed by atoms with E-state index in [1.807, 2.05) is 25.7 Å². The van der Waals surface area contributed by atoms with Crippen LogP contribution in [0, 0.1) is 5.92 Å². The maximum atomic E-state index is 12.2. The number of piperazine rings is 1. The van der Waals surface area contributed by atoms with Crippen LogP contribution in [-0.4, -0.2) is 80.1 Å². The number of amides is 1. The van der Waals surface area contributed by atoms with Crippen LogP contribution in [0.25, 0.3) is 0 Å². The van der Waals surface area contributed by atoms with E-state index in [0.29, 0.717) is 12.3 Å². The van der Waals surface area contributed by atoms with Crippen LogP contribution in [0.15, 0.2) is 24.3 Å². The van der Waals surface area contributed by atoms with E-state index < -0.39 is 5.60 Å². The predicted molar refractivity (Wildman–Crippen MR) is 134 cm³/mol. The number of benzene rings is 1. The summed E-state index contributed by atoms with van der Waals surface area (Å²) in [7, 11) is 0. The molecule has 2 fully saturated rings.